The summed E-state index contributed by atoms with van der Waals surface area (Å²) in [6.07, 6.45) is -0.727. The molecule has 0 bridgehead atoms. The molecule has 1 aliphatic rings. The van der Waals surface area contributed by atoms with E-state index in [9.17, 15) is 22.8 Å². The normalized spacial score (nSPS) is 19.1. The van der Waals surface area contributed by atoms with Crippen LogP contribution < -0.4 is 0 Å². The first-order chi connectivity index (χ1) is 15.3. The molecule has 11 nitrogen and oxygen atoms in total. The Labute approximate surface area is 193 Å². The van der Waals surface area contributed by atoms with Gasteiger partial charge < -0.3 is 14.2 Å². The first-order valence-corrected chi connectivity index (χ1v) is 12.0. The van der Waals surface area contributed by atoms with Crippen molar-refractivity contribution in [3.05, 3.63) is 35.9 Å². The number of esters is 1. The molecule has 2 rings (SSSR count). The molecule has 2 amide bonds. The van der Waals surface area contributed by atoms with E-state index >= 15 is 0 Å². The molecule has 184 valence electrons. The van der Waals surface area contributed by atoms with E-state index in [4.69, 9.17) is 18.4 Å². The van der Waals surface area contributed by atoms with Gasteiger partial charge in [-0.1, -0.05) is 30.3 Å². The molecule has 0 spiro atoms. The van der Waals surface area contributed by atoms with Crippen LogP contribution in [0.15, 0.2) is 30.3 Å². The van der Waals surface area contributed by atoms with E-state index in [1.54, 1.807) is 45.0 Å². The first kappa shape index (κ1) is 26.4. The molecule has 0 N–H and O–H groups in total. The highest BCUT2D eigenvalue weighted by Gasteiger charge is 2.45. The summed E-state index contributed by atoms with van der Waals surface area (Å²) < 4.78 is 43.5. The average Bonchev–Trinajstić information content (AvgIpc) is 2.73. The van der Waals surface area contributed by atoms with Crippen molar-refractivity contribution in [2.75, 3.05) is 33.1 Å². The Hall–Kier alpha value is -2.86. The summed E-state index contributed by atoms with van der Waals surface area (Å²) in [7, 11) is -2.67. The van der Waals surface area contributed by atoms with E-state index in [2.05, 4.69) is 0 Å². The quantitative estimate of drug-likeness (QED) is 0.335. The van der Waals surface area contributed by atoms with Crippen molar-refractivity contribution in [1.29, 1.82) is 0 Å². The van der Waals surface area contributed by atoms with Gasteiger partial charge >= 0.3 is 18.2 Å². The number of benzene rings is 1. The van der Waals surface area contributed by atoms with Gasteiger partial charge in [-0.05, 0) is 26.3 Å². The molecule has 0 aromatic heterocycles. The SMILES string of the molecule is COC(=O)[C@@H]1CN(C(=O)OC(C)(C)C)[C@@H](COS(C)(=O)=O)CN1C(=O)OCc1ccccc1. The van der Waals surface area contributed by atoms with Crippen molar-refractivity contribution < 1.29 is 41.2 Å². The van der Waals surface area contributed by atoms with Crippen LogP contribution in [0.5, 0.6) is 0 Å². The molecule has 1 fully saturated rings. The molecule has 0 unspecified atom stereocenters. The van der Waals surface area contributed by atoms with Crippen molar-refractivity contribution in [2.45, 2.75) is 45.1 Å². The van der Waals surface area contributed by atoms with Gasteiger partial charge in [-0.15, -0.1) is 0 Å². The lowest BCUT2D eigenvalue weighted by Gasteiger charge is -2.44. The molecule has 1 heterocycles. The average molecular weight is 487 g/mol. The number of piperazine rings is 1. The largest absolute Gasteiger partial charge is 0.467 e. The fourth-order valence-electron chi connectivity index (χ4n) is 3.12. The molecule has 0 aliphatic carbocycles. The lowest BCUT2D eigenvalue weighted by molar-refractivity contribution is -0.149. The summed E-state index contributed by atoms with van der Waals surface area (Å²) in [6.45, 7) is 4.01. The van der Waals surface area contributed by atoms with E-state index < -0.39 is 52.6 Å². The highest BCUT2D eigenvalue weighted by Crippen LogP contribution is 2.22. The number of carbonyl (C=O) groups excluding carboxylic acids is 3. The third kappa shape index (κ3) is 8.21. The molecule has 0 radical (unpaired) electrons. The van der Waals surface area contributed by atoms with Crippen LogP contribution >= 0.6 is 0 Å². The Morgan fingerprint density at radius 3 is 2.21 bits per heavy atom. The summed E-state index contributed by atoms with van der Waals surface area (Å²) in [5.41, 5.74) is -0.101. The monoisotopic (exact) mass is 486 g/mol. The number of nitrogens with zero attached hydrogens (tertiary/aromatic N) is 2. The second-order valence-electron chi connectivity index (χ2n) is 8.51. The Morgan fingerprint density at radius 1 is 1.03 bits per heavy atom. The fraction of sp³-hybridized carbons (Fsp3) is 0.571. The Balaban J connectivity index is 2.27. The van der Waals surface area contributed by atoms with Gasteiger partial charge in [0.05, 0.1) is 32.6 Å². The molecule has 2 atom stereocenters. The van der Waals surface area contributed by atoms with Crippen LogP contribution in [0.3, 0.4) is 0 Å². The maximum absolute atomic E-state index is 12.9. The molecule has 33 heavy (non-hydrogen) atoms. The van der Waals surface area contributed by atoms with Crippen LogP contribution in [0.2, 0.25) is 0 Å². The number of hydrogen-bond donors (Lipinski definition) is 0. The van der Waals surface area contributed by atoms with Gasteiger partial charge in [-0.3, -0.25) is 14.0 Å². The molecule has 12 heteroatoms. The van der Waals surface area contributed by atoms with E-state index in [1.807, 2.05) is 6.07 Å². The van der Waals surface area contributed by atoms with Crippen molar-refractivity contribution >= 4 is 28.3 Å². The zero-order valence-electron chi connectivity index (χ0n) is 19.3. The molecular formula is C21H30N2O9S. The minimum Gasteiger partial charge on any atom is -0.467 e. The van der Waals surface area contributed by atoms with E-state index in [-0.39, 0.29) is 19.7 Å². The molecule has 1 aromatic carbocycles. The topological polar surface area (TPSA) is 129 Å². The zero-order valence-corrected chi connectivity index (χ0v) is 20.2. The smallest absolute Gasteiger partial charge is 0.410 e. The van der Waals surface area contributed by atoms with Gasteiger partial charge in [0.2, 0.25) is 0 Å². The Kier molecular flexibility index (Phi) is 8.67. The molecule has 1 aliphatic heterocycles. The number of amides is 2. The zero-order chi connectivity index (χ0) is 24.8. The Morgan fingerprint density at radius 2 is 1.67 bits per heavy atom. The number of ether oxygens (including phenoxy) is 3. The first-order valence-electron chi connectivity index (χ1n) is 10.2. The third-order valence-electron chi connectivity index (χ3n) is 4.61. The predicted octanol–water partition coefficient (Wildman–Crippen LogP) is 1.76. The van der Waals surface area contributed by atoms with Gasteiger partial charge in [0.15, 0.2) is 6.04 Å². The summed E-state index contributed by atoms with van der Waals surface area (Å²) in [5, 5.41) is 0. The van der Waals surface area contributed by atoms with Crippen LogP contribution in [-0.4, -0.2) is 87.1 Å². The van der Waals surface area contributed by atoms with Crippen LogP contribution in [0.25, 0.3) is 0 Å². The highest BCUT2D eigenvalue weighted by atomic mass is 32.2. The van der Waals surface area contributed by atoms with E-state index in [1.165, 1.54) is 4.90 Å². The highest BCUT2D eigenvalue weighted by molar-refractivity contribution is 7.85. The molecular weight excluding hydrogens is 456 g/mol. The van der Waals surface area contributed by atoms with E-state index in [0.717, 1.165) is 23.8 Å². The minimum absolute atomic E-state index is 0.0373. The van der Waals surface area contributed by atoms with Gasteiger partial charge in [0.25, 0.3) is 10.1 Å². The lowest BCUT2D eigenvalue weighted by atomic mass is 10.1. The second-order valence-corrected chi connectivity index (χ2v) is 10.2. The second kappa shape index (κ2) is 10.8. The molecule has 1 aromatic rings. The minimum atomic E-state index is -3.83. The molecule has 1 saturated heterocycles. The van der Waals surface area contributed by atoms with Crippen LogP contribution in [0, 0.1) is 0 Å². The maximum atomic E-state index is 12.9. The van der Waals surface area contributed by atoms with Crippen LogP contribution in [-0.2, 0) is 39.9 Å². The number of hydrogen-bond acceptors (Lipinski definition) is 9. The number of methoxy groups -OCH3 is 1. The van der Waals surface area contributed by atoms with E-state index in [0.29, 0.717) is 0 Å². The fourth-order valence-corrected chi connectivity index (χ4v) is 3.52. The van der Waals surface area contributed by atoms with Gasteiger partial charge in [-0.2, -0.15) is 8.42 Å². The standard InChI is InChI=1S/C21H30N2O9S/c1-21(2,3)32-20(26)22-12-17(18(24)29-4)23(11-16(22)14-31-33(5,27)28)19(25)30-13-15-9-7-6-8-10-15/h6-10,16-17H,11-14H2,1-5H3/t16-,17+/m1/s1. The van der Waals surface area contributed by atoms with Gasteiger partial charge in [-0.25, -0.2) is 14.4 Å². The predicted molar refractivity (Wildman–Crippen MR) is 117 cm³/mol. The van der Waals surface area contributed by atoms with Crippen molar-refractivity contribution in [2.24, 2.45) is 0 Å². The van der Waals surface area contributed by atoms with Crippen molar-refractivity contribution in [3.63, 3.8) is 0 Å². The Bertz CT molecular complexity index is 944. The summed E-state index contributed by atoms with van der Waals surface area (Å²) in [6, 6.07) is 6.85. The van der Waals surface area contributed by atoms with Crippen molar-refractivity contribution in [3.8, 4) is 0 Å². The number of rotatable bonds is 6. The summed E-state index contributed by atoms with van der Waals surface area (Å²) >= 11 is 0. The molecule has 0 saturated carbocycles. The number of carbonyl (C=O) groups is 3. The van der Waals surface area contributed by atoms with Gasteiger partial charge in [0, 0.05) is 6.54 Å². The third-order valence-corrected chi connectivity index (χ3v) is 5.17. The maximum Gasteiger partial charge on any atom is 0.410 e. The van der Waals surface area contributed by atoms with Crippen LogP contribution in [0.4, 0.5) is 9.59 Å². The van der Waals surface area contributed by atoms with Crippen LogP contribution in [0.1, 0.15) is 26.3 Å². The summed E-state index contributed by atoms with van der Waals surface area (Å²) in [4.78, 5) is 40.4. The van der Waals surface area contributed by atoms with Gasteiger partial charge in [0.1, 0.15) is 12.2 Å². The van der Waals surface area contributed by atoms with Crippen molar-refractivity contribution in [1.82, 2.24) is 9.80 Å². The summed E-state index contributed by atoms with van der Waals surface area (Å²) in [5.74, 6) is -0.761. The lowest BCUT2D eigenvalue weighted by Crippen LogP contribution is -2.65.